The van der Waals surface area contributed by atoms with Gasteiger partial charge in [0.2, 0.25) is 11.1 Å². The summed E-state index contributed by atoms with van der Waals surface area (Å²) in [6.07, 6.45) is 6.57. The van der Waals surface area contributed by atoms with Gasteiger partial charge in [0.1, 0.15) is 0 Å². The Morgan fingerprint density at radius 3 is 2.15 bits per heavy atom. The molecule has 1 aromatic carbocycles. The van der Waals surface area contributed by atoms with Crippen molar-refractivity contribution < 1.29 is 14.2 Å². The summed E-state index contributed by atoms with van der Waals surface area (Å²) in [7, 11) is 0. The zero-order valence-electron chi connectivity index (χ0n) is 16.2. The zero-order chi connectivity index (χ0) is 18.6. The van der Waals surface area contributed by atoms with Crippen LogP contribution in [0.2, 0.25) is 0 Å². The highest BCUT2D eigenvalue weighted by Crippen LogP contribution is 2.40. The van der Waals surface area contributed by atoms with Crippen LogP contribution in [0.4, 0.5) is 11.4 Å². The molecule has 144 valence electrons. The fourth-order valence-corrected chi connectivity index (χ4v) is 2.97. The highest BCUT2D eigenvalue weighted by atomic mass is 16.5. The lowest BCUT2D eigenvalue weighted by Gasteiger charge is -2.30. The minimum atomic E-state index is 0.420. The lowest BCUT2D eigenvalue weighted by Crippen LogP contribution is -2.36. The molecule has 0 spiro atoms. The highest BCUT2D eigenvalue weighted by Gasteiger charge is 2.25. The van der Waals surface area contributed by atoms with E-state index in [4.69, 9.17) is 14.2 Å². The Bertz CT molecular complexity index is 580. The second-order valence-electron chi connectivity index (χ2n) is 6.60. The summed E-state index contributed by atoms with van der Waals surface area (Å²) in [5, 5.41) is 9.41. The highest BCUT2D eigenvalue weighted by molar-refractivity contribution is 5.72. The van der Waals surface area contributed by atoms with Crippen molar-refractivity contribution in [3.05, 3.63) is 17.1 Å². The maximum absolute atomic E-state index is 9.41. The van der Waals surface area contributed by atoms with Crippen LogP contribution in [0.25, 0.3) is 4.98 Å². The first kappa shape index (κ1) is 20.3. The van der Waals surface area contributed by atoms with Gasteiger partial charge in [-0.25, -0.2) is 0 Å². The van der Waals surface area contributed by atoms with E-state index in [1.807, 2.05) is 6.07 Å². The Hall–Kier alpha value is -2.00. The number of rotatable bonds is 11. The summed E-state index contributed by atoms with van der Waals surface area (Å²) in [5.41, 5.74) is 1.41. The molecule has 2 rings (SSSR count). The van der Waals surface area contributed by atoms with Crippen molar-refractivity contribution in [3.63, 3.8) is 0 Å². The van der Waals surface area contributed by atoms with Crippen LogP contribution in [0.15, 0.2) is 12.1 Å². The predicted octanol–water partition coefficient (Wildman–Crippen LogP) is 5.15. The van der Waals surface area contributed by atoms with E-state index in [1.54, 1.807) is 6.07 Å². The maximum atomic E-state index is 9.41. The van der Waals surface area contributed by atoms with Gasteiger partial charge in [-0.3, -0.25) is 0 Å². The first-order chi connectivity index (χ1) is 12.8. The van der Waals surface area contributed by atoms with Gasteiger partial charge in [-0.05, 0) is 12.8 Å². The molecule has 6 nitrogen and oxygen atoms in total. The van der Waals surface area contributed by atoms with Crippen molar-refractivity contribution in [1.82, 2.24) is 0 Å². The molecule has 0 N–H and O–H groups in total. The Balaban J connectivity index is 2.18. The molecule has 1 heterocycles. The normalized spacial score (nSPS) is 14.1. The number of anilines is 1. The fraction of sp³-hybridized carbons (Fsp3) is 0.700. The van der Waals surface area contributed by atoms with Crippen molar-refractivity contribution in [1.29, 1.82) is 5.39 Å². The Kier molecular flexibility index (Phi) is 9.05. The van der Waals surface area contributed by atoms with E-state index in [1.165, 1.54) is 0 Å². The molecular weight excluding hydrogens is 330 g/mol. The number of ether oxygens (including phenoxy) is 3. The first-order valence-corrected chi connectivity index (χ1v) is 9.91. The van der Waals surface area contributed by atoms with Crippen LogP contribution in [-0.4, -0.2) is 39.5 Å². The number of morpholine rings is 1. The number of unbranched alkanes of at least 4 members (excludes halogenated alkanes) is 4. The first-order valence-electron chi connectivity index (χ1n) is 9.91. The van der Waals surface area contributed by atoms with Crippen LogP contribution in [0, 0.1) is 5.39 Å². The minimum absolute atomic E-state index is 0.420. The Morgan fingerprint density at radius 2 is 1.58 bits per heavy atom. The van der Waals surface area contributed by atoms with Gasteiger partial charge in [-0.1, -0.05) is 39.5 Å². The molecule has 0 unspecified atom stereocenters. The van der Waals surface area contributed by atoms with Gasteiger partial charge in [0, 0.05) is 19.2 Å². The summed E-state index contributed by atoms with van der Waals surface area (Å²) in [6.45, 7) is 8.65. The van der Waals surface area contributed by atoms with Crippen molar-refractivity contribution in [3.8, 4) is 11.5 Å². The molecule has 1 fully saturated rings. The van der Waals surface area contributed by atoms with Crippen LogP contribution >= 0.6 is 0 Å². The Morgan fingerprint density at radius 1 is 0.962 bits per heavy atom. The topological polar surface area (TPSA) is 59.1 Å². The number of diazo groups is 1. The standard InChI is InChI=1S/C20H32N3O3/c1-3-5-7-11-25-19-16-18(23-9-13-24-14-10-23)20(15-17(19)22-21)26-12-8-6-4-2/h15-16H,3-14H2,1-2H3/q+1. The minimum Gasteiger partial charge on any atom is -0.491 e. The third kappa shape index (κ3) is 6.06. The molecule has 0 bridgehead atoms. The third-order valence-electron chi connectivity index (χ3n) is 4.51. The summed E-state index contributed by atoms with van der Waals surface area (Å²) in [5.74, 6) is 1.35. The smallest absolute Gasteiger partial charge is 0.430 e. The SMILES string of the molecule is CCCCCOc1cc(N2CCOCC2)c(OCCCCC)cc1[N+]#N. The van der Waals surface area contributed by atoms with Crippen molar-refractivity contribution in [2.45, 2.75) is 52.4 Å². The summed E-state index contributed by atoms with van der Waals surface area (Å²) in [4.78, 5) is 5.66. The van der Waals surface area contributed by atoms with E-state index in [0.29, 0.717) is 37.9 Å². The van der Waals surface area contributed by atoms with E-state index in [9.17, 15) is 5.39 Å². The van der Waals surface area contributed by atoms with Crippen LogP contribution in [0.3, 0.4) is 0 Å². The predicted molar refractivity (Wildman–Crippen MR) is 104 cm³/mol. The molecule has 0 atom stereocenters. The van der Waals surface area contributed by atoms with Crippen molar-refractivity contribution in [2.75, 3.05) is 44.4 Å². The van der Waals surface area contributed by atoms with E-state index in [-0.39, 0.29) is 0 Å². The van der Waals surface area contributed by atoms with E-state index in [2.05, 4.69) is 23.7 Å². The van der Waals surface area contributed by atoms with E-state index < -0.39 is 0 Å². The molecule has 0 aromatic heterocycles. The molecule has 26 heavy (non-hydrogen) atoms. The fourth-order valence-electron chi connectivity index (χ4n) is 2.97. The second-order valence-corrected chi connectivity index (χ2v) is 6.60. The molecule has 0 radical (unpaired) electrons. The number of benzene rings is 1. The van der Waals surface area contributed by atoms with Gasteiger partial charge in [-0.15, -0.1) is 0 Å². The summed E-state index contributed by atoms with van der Waals surface area (Å²) < 4.78 is 17.4. The Labute approximate surface area is 157 Å². The van der Waals surface area contributed by atoms with Crippen LogP contribution < -0.4 is 14.4 Å². The molecular formula is C20H32N3O3+. The monoisotopic (exact) mass is 362 g/mol. The molecule has 6 heteroatoms. The van der Waals surface area contributed by atoms with Crippen LogP contribution in [-0.2, 0) is 4.74 Å². The summed E-state index contributed by atoms with van der Waals surface area (Å²) in [6, 6.07) is 3.73. The molecule has 0 amide bonds. The summed E-state index contributed by atoms with van der Waals surface area (Å²) >= 11 is 0. The zero-order valence-corrected chi connectivity index (χ0v) is 16.2. The van der Waals surface area contributed by atoms with Gasteiger partial charge in [0.25, 0.3) is 0 Å². The largest absolute Gasteiger partial charge is 0.491 e. The molecule has 1 saturated heterocycles. The number of nitrogens with zero attached hydrogens (tertiary/aromatic N) is 3. The van der Waals surface area contributed by atoms with Gasteiger partial charge < -0.3 is 19.1 Å². The lowest BCUT2D eigenvalue weighted by molar-refractivity contribution is 0.122. The lowest BCUT2D eigenvalue weighted by atomic mass is 10.2. The van der Waals surface area contributed by atoms with Gasteiger partial charge in [0.15, 0.2) is 10.7 Å². The quantitative estimate of drug-likeness (QED) is 0.403. The molecule has 1 aliphatic heterocycles. The second kappa shape index (κ2) is 11.6. The molecule has 1 aromatic rings. The number of hydrogen-bond acceptors (Lipinski definition) is 5. The maximum Gasteiger partial charge on any atom is 0.430 e. The molecule has 1 aliphatic rings. The molecule has 0 aliphatic carbocycles. The van der Waals surface area contributed by atoms with Gasteiger partial charge in [-0.2, -0.15) is 0 Å². The molecule has 0 saturated carbocycles. The van der Waals surface area contributed by atoms with Crippen molar-refractivity contribution in [2.24, 2.45) is 0 Å². The van der Waals surface area contributed by atoms with Gasteiger partial charge >= 0.3 is 5.69 Å². The third-order valence-corrected chi connectivity index (χ3v) is 4.51. The average molecular weight is 362 g/mol. The average Bonchev–Trinajstić information content (AvgIpc) is 2.69. The van der Waals surface area contributed by atoms with E-state index >= 15 is 0 Å². The van der Waals surface area contributed by atoms with Crippen LogP contribution in [0.1, 0.15) is 52.4 Å². The van der Waals surface area contributed by atoms with Gasteiger partial charge in [0.05, 0.1) is 38.2 Å². The van der Waals surface area contributed by atoms with Crippen LogP contribution in [0.5, 0.6) is 11.5 Å². The van der Waals surface area contributed by atoms with Crippen molar-refractivity contribution >= 4 is 11.4 Å². The number of hydrogen-bond donors (Lipinski definition) is 0. The van der Waals surface area contributed by atoms with E-state index in [0.717, 1.165) is 63.1 Å².